The second-order valence-electron chi connectivity index (χ2n) is 5.29. The van der Waals surface area contributed by atoms with Gasteiger partial charge in [-0.25, -0.2) is 9.89 Å². The fraction of sp³-hybridized carbons (Fsp3) is 0.111. The van der Waals surface area contributed by atoms with E-state index >= 15 is 0 Å². The number of aromatic amines is 1. The van der Waals surface area contributed by atoms with Gasteiger partial charge in [0, 0.05) is 0 Å². The van der Waals surface area contributed by atoms with Crippen molar-refractivity contribution in [1.82, 2.24) is 15.2 Å². The number of rotatable bonds is 6. The van der Waals surface area contributed by atoms with E-state index in [-0.39, 0.29) is 0 Å². The Labute approximate surface area is 144 Å². The van der Waals surface area contributed by atoms with Crippen LogP contribution in [0.2, 0.25) is 0 Å². The molecule has 3 aromatic rings. The van der Waals surface area contributed by atoms with Crippen molar-refractivity contribution in [2.45, 2.75) is 13.5 Å². The van der Waals surface area contributed by atoms with Gasteiger partial charge < -0.3 is 4.74 Å². The molecule has 0 spiro atoms. The van der Waals surface area contributed by atoms with E-state index in [4.69, 9.17) is 4.74 Å². The Morgan fingerprint density at radius 3 is 2.68 bits per heavy atom. The molecule has 0 fully saturated rings. The number of aromatic nitrogens is 3. The van der Waals surface area contributed by atoms with Gasteiger partial charge in [0.2, 0.25) is 0 Å². The smallest absolute Gasteiger partial charge is 0.363 e. The van der Waals surface area contributed by atoms with Crippen molar-refractivity contribution in [3.05, 3.63) is 81.9 Å². The molecule has 2 aromatic carbocycles. The summed E-state index contributed by atoms with van der Waals surface area (Å²) in [5.41, 5.74) is 4.74. The zero-order valence-electron chi connectivity index (χ0n) is 13.6. The Balaban J connectivity index is 1.57. The van der Waals surface area contributed by atoms with Crippen LogP contribution in [-0.4, -0.2) is 21.4 Å². The highest BCUT2D eigenvalue weighted by molar-refractivity contribution is 5.80. The quantitative estimate of drug-likeness (QED) is 0.533. The molecule has 7 heteroatoms. The molecular weight excluding hydrogens is 318 g/mol. The third kappa shape index (κ3) is 4.74. The first-order valence-corrected chi connectivity index (χ1v) is 7.70. The summed E-state index contributed by atoms with van der Waals surface area (Å²) in [6, 6.07) is 17.5. The van der Waals surface area contributed by atoms with Gasteiger partial charge in [-0.15, -0.1) is 0 Å². The summed E-state index contributed by atoms with van der Waals surface area (Å²) in [5, 5.41) is 10.1. The van der Waals surface area contributed by atoms with Gasteiger partial charge in [0.15, 0.2) is 5.82 Å². The Morgan fingerprint density at radius 1 is 1.16 bits per heavy atom. The second-order valence-corrected chi connectivity index (χ2v) is 5.29. The van der Waals surface area contributed by atoms with E-state index in [0.717, 1.165) is 16.9 Å². The van der Waals surface area contributed by atoms with Crippen molar-refractivity contribution in [1.29, 1.82) is 0 Å². The predicted octanol–water partition coefficient (Wildman–Crippen LogP) is 2.50. The highest BCUT2D eigenvalue weighted by Gasteiger charge is 2.00. The molecule has 1 heterocycles. The van der Waals surface area contributed by atoms with E-state index in [0.29, 0.717) is 18.1 Å². The van der Waals surface area contributed by atoms with E-state index in [1.165, 1.54) is 0 Å². The number of nitrogens with zero attached hydrogens (tertiary/aromatic N) is 3. The van der Waals surface area contributed by atoms with Crippen molar-refractivity contribution in [2.75, 3.05) is 5.43 Å². The first-order chi connectivity index (χ1) is 12.2. The maximum atomic E-state index is 11.1. The van der Waals surface area contributed by atoms with Gasteiger partial charge in [-0.1, -0.05) is 30.3 Å². The van der Waals surface area contributed by atoms with Crippen LogP contribution in [0.3, 0.4) is 0 Å². The van der Waals surface area contributed by atoms with E-state index in [1.807, 2.05) is 54.6 Å². The van der Waals surface area contributed by atoms with E-state index in [1.54, 1.807) is 13.1 Å². The number of H-pyrrole nitrogens is 1. The summed E-state index contributed by atoms with van der Waals surface area (Å²) in [5.74, 6) is 1.10. The van der Waals surface area contributed by atoms with Crippen molar-refractivity contribution in [3.8, 4) is 5.75 Å². The molecule has 3 rings (SSSR count). The minimum Gasteiger partial charge on any atom is -0.489 e. The predicted molar refractivity (Wildman–Crippen MR) is 95.8 cm³/mol. The van der Waals surface area contributed by atoms with Crippen LogP contribution in [0.4, 0.5) is 5.82 Å². The van der Waals surface area contributed by atoms with Crippen LogP contribution in [-0.2, 0) is 6.61 Å². The molecular formula is C18H17N5O2. The maximum absolute atomic E-state index is 11.1. The SMILES string of the molecule is Cc1n[nH]c(=O)nc1N/N=C\c1ccc(OCc2ccccc2)cc1. The molecule has 0 amide bonds. The molecule has 25 heavy (non-hydrogen) atoms. The molecule has 0 atom stereocenters. The summed E-state index contributed by atoms with van der Waals surface area (Å²) in [6.07, 6.45) is 1.63. The molecule has 0 saturated heterocycles. The molecule has 0 aliphatic carbocycles. The van der Waals surface area contributed by atoms with Gasteiger partial charge >= 0.3 is 5.69 Å². The van der Waals surface area contributed by atoms with Crippen molar-refractivity contribution >= 4 is 12.0 Å². The van der Waals surface area contributed by atoms with Crippen LogP contribution in [0.15, 0.2) is 64.5 Å². The zero-order chi connectivity index (χ0) is 17.5. The van der Waals surface area contributed by atoms with Gasteiger partial charge in [0.1, 0.15) is 18.1 Å². The summed E-state index contributed by atoms with van der Waals surface area (Å²) in [6.45, 7) is 2.25. The van der Waals surface area contributed by atoms with Crippen molar-refractivity contribution in [2.24, 2.45) is 5.10 Å². The number of hydrogen-bond acceptors (Lipinski definition) is 6. The topological polar surface area (TPSA) is 92.3 Å². The number of hydrogen-bond donors (Lipinski definition) is 2. The number of ether oxygens (including phenoxy) is 1. The van der Waals surface area contributed by atoms with Gasteiger partial charge in [-0.05, 0) is 42.3 Å². The monoisotopic (exact) mass is 335 g/mol. The Morgan fingerprint density at radius 2 is 1.92 bits per heavy atom. The lowest BCUT2D eigenvalue weighted by Crippen LogP contribution is -2.15. The maximum Gasteiger partial charge on any atom is 0.363 e. The summed E-state index contributed by atoms with van der Waals surface area (Å²) in [4.78, 5) is 14.9. The molecule has 0 bridgehead atoms. The van der Waals surface area contributed by atoms with Crippen LogP contribution in [0.25, 0.3) is 0 Å². The minimum absolute atomic E-state index is 0.322. The zero-order valence-corrected chi connectivity index (χ0v) is 13.6. The van der Waals surface area contributed by atoms with Crippen LogP contribution < -0.4 is 15.9 Å². The molecule has 0 radical (unpaired) electrons. The normalized spacial score (nSPS) is 10.8. The molecule has 0 unspecified atom stereocenters. The molecule has 2 N–H and O–H groups in total. The molecule has 0 aliphatic rings. The average molecular weight is 335 g/mol. The molecule has 7 nitrogen and oxygen atoms in total. The van der Waals surface area contributed by atoms with Crippen LogP contribution in [0.1, 0.15) is 16.8 Å². The first kappa shape index (κ1) is 16.4. The van der Waals surface area contributed by atoms with Crippen molar-refractivity contribution < 1.29 is 4.74 Å². The lowest BCUT2D eigenvalue weighted by Gasteiger charge is -2.06. The molecule has 0 saturated carbocycles. The lowest BCUT2D eigenvalue weighted by molar-refractivity contribution is 0.306. The highest BCUT2D eigenvalue weighted by Crippen LogP contribution is 2.13. The highest BCUT2D eigenvalue weighted by atomic mass is 16.5. The first-order valence-electron chi connectivity index (χ1n) is 7.70. The fourth-order valence-electron chi connectivity index (χ4n) is 2.06. The van der Waals surface area contributed by atoms with Gasteiger partial charge in [-0.3, -0.25) is 5.43 Å². The fourth-order valence-corrected chi connectivity index (χ4v) is 2.06. The molecule has 0 aliphatic heterocycles. The Kier molecular flexibility index (Phi) is 5.16. The third-order valence-corrected chi connectivity index (χ3v) is 3.39. The second kappa shape index (κ2) is 7.87. The van der Waals surface area contributed by atoms with Gasteiger partial charge in [0.25, 0.3) is 0 Å². The standard InChI is InChI=1S/C18H17N5O2/c1-13-17(20-18(24)23-21-13)22-19-11-14-7-9-16(10-8-14)25-12-15-5-3-2-4-6-15/h2-11H,12H2,1H3,(H2,20,22,23,24)/b19-11-. The van der Waals surface area contributed by atoms with Gasteiger partial charge in [-0.2, -0.15) is 15.2 Å². The average Bonchev–Trinajstić information content (AvgIpc) is 2.65. The van der Waals surface area contributed by atoms with Crippen LogP contribution >= 0.6 is 0 Å². The number of nitrogens with one attached hydrogen (secondary N) is 2. The minimum atomic E-state index is -0.525. The van der Waals surface area contributed by atoms with E-state index in [2.05, 4.69) is 25.7 Å². The van der Waals surface area contributed by atoms with Crippen LogP contribution in [0, 0.1) is 6.92 Å². The Bertz CT molecular complexity index is 905. The Hall–Kier alpha value is -3.48. The molecule has 126 valence electrons. The third-order valence-electron chi connectivity index (χ3n) is 3.39. The number of hydrazone groups is 1. The van der Waals surface area contributed by atoms with E-state index < -0.39 is 5.69 Å². The number of anilines is 1. The van der Waals surface area contributed by atoms with Gasteiger partial charge in [0.05, 0.1) is 6.21 Å². The summed E-state index contributed by atoms with van der Waals surface area (Å²) >= 11 is 0. The summed E-state index contributed by atoms with van der Waals surface area (Å²) < 4.78 is 5.73. The van der Waals surface area contributed by atoms with Crippen molar-refractivity contribution in [3.63, 3.8) is 0 Å². The lowest BCUT2D eigenvalue weighted by atomic mass is 10.2. The largest absolute Gasteiger partial charge is 0.489 e. The number of aryl methyl sites for hydroxylation is 1. The summed E-state index contributed by atoms with van der Waals surface area (Å²) in [7, 11) is 0. The van der Waals surface area contributed by atoms with Crippen LogP contribution in [0.5, 0.6) is 5.75 Å². The van der Waals surface area contributed by atoms with E-state index in [9.17, 15) is 4.79 Å². The number of benzene rings is 2. The molecule has 1 aromatic heterocycles.